The zero-order valence-corrected chi connectivity index (χ0v) is 39.3. The van der Waals surface area contributed by atoms with Crippen LogP contribution in [0.25, 0.3) is 143 Å². The first kappa shape index (κ1) is 40.4. The topological polar surface area (TPSA) is 9.86 Å². The summed E-state index contributed by atoms with van der Waals surface area (Å²) in [5.41, 5.74) is 16.6. The lowest BCUT2D eigenvalue weighted by atomic mass is 9.81. The molecule has 15 aromatic rings. The highest BCUT2D eigenvalue weighted by Crippen LogP contribution is 2.51. The van der Waals surface area contributed by atoms with E-state index in [0.717, 1.165) is 11.4 Å². The summed E-state index contributed by atoms with van der Waals surface area (Å²) in [6, 6.07) is 99.2. The Bertz CT molecular complexity index is 4260. The fourth-order valence-electron chi connectivity index (χ4n) is 12.1. The number of para-hydroxylation sites is 4. The molecule has 0 aliphatic heterocycles. The average molecular weight is 913 g/mol. The van der Waals surface area contributed by atoms with Gasteiger partial charge < -0.3 is 9.13 Å². The second-order valence-electron chi connectivity index (χ2n) is 19.2. The van der Waals surface area contributed by atoms with Crippen LogP contribution in [0.1, 0.15) is 0 Å². The zero-order chi connectivity index (χ0) is 47.3. The standard InChI is InChI=1S/C70H44N2/c1-3-19-45(20-4-1)59-39-47-23-7-9-25-49(47)41-61(59)69-57-37-35-52(72-67-33-17-13-29-55(67)56-30-14-18-34-68(56)72)44-64(57)70(62-42-50-26-10-8-24-48(50)40-60(62)46-21-5-2-6-22-46)58-38-36-51(43-63(58)69)71-65-31-15-11-27-53(65)54-28-12-16-32-66(54)71/h1-44H. The summed E-state index contributed by atoms with van der Waals surface area (Å²) in [4.78, 5) is 0. The van der Waals surface area contributed by atoms with E-state index in [1.807, 2.05) is 0 Å². The van der Waals surface area contributed by atoms with Gasteiger partial charge in [0.25, 0.3) is 0 Å². The van der Waals surface area contributed by atoms with Gasteiger partial charge in [-0.25, -0.2) is 0 Å². The monoisotopic (exact) mass is 912 g/mol. The molecule has 2 heteroatoms. The molecular weight excluding hydrogens is 869 g/mol. The van der Waals surface area contributed by atoms with Gasteiger partial charge >= 0.3 is 0 Å². The number of hydrogen-bond acceptors (Lipinski definition) is 0. The normalized spacial score (nSPS) is 11.9. The van der Waals surface area contributed by atoms with Crippen LogP contribution in [0.2, 0.25) is 0 Å². The molecule has 0 aliphatic rings. The largest absolute Gasteiger partial charge is 0.309 e. The Morgan fingerprint density at radius 1 is 0.194 bits per heavy atom. The fourth-order valence-corrected chi connectivity index (χ4v) is 12.1. The third kappa shape index (κ3) is 6.16. The van der Waals surface area contributed by atoms with Crippen LogP contribution in [0.5, 0.6) is 0 Å². The van der Waals surface area contributed by atoms with E-state index in [4.69, 9.17) is 0 Å². The van der Waals surface area contributed by atoms with Crippen LogP contribution >= 0.6 is 0 Å². The second kappa shape index (κ2) is 16.0. The number of hydrogen-bond donors (Lipinski definition) is 0. The Morgan fingerprint density at radius 3 is 0.833 bits per heavy atom. The molecule has 2 aromatic heterocycles. The summed E-state index contributed by atoms with van der Waals surface area (Å²) in [5, 5.41) is 14.6. The van der Waals surface area contributed by atoms with Gasteiger partial charge in [-0.3, -0.25) is 0 Å². The van der Waals surface area contributed by atoms with E-state index >= 15 is 0 Å². The van der Waals surface area contributed by atoms with Gasteiger partial charge in [-0.15, -0.1) is 0 Å². The van der Waals surface area contributed by atoms with Crippen LogP contribution in [-0.4, -0.2) is 9.13 Å². The van der Waals surface area contributed by atoms with Gasteiger partial charge in [-0.1, -0.05) is 194 Å². The highest BCUT2D eigenvalue weighted by molar-refractivity contribution is 6.25. The van der Waals surface area contributed by atoms with Crippen molar-refractivity contribution >= 4 is 86.7 Å². The first-order valence-electron chi connectivity index (χ1n) is 24.9. The first-order chi connectivity index (χ1) is 35.7. The van der Waals surface area contributed by atoms with E-state index in [1.54, 1.807) is 0 Å². The molecule has 0 amide bonds. The predicted molar refractivity (Wildman–Crippen MR) is 307 cm³/mol. The third-order valence-corrected chi connectivity index (χ3v) is 15.2. The maximum atomic E-state index is 2.49. The molecule has 0 atom stereocenters. The lowest BCUT2D eigenvalue weighted by Crippen LogP contribution is -1.99. The van der Waals surface area contributed by atoms with Gasteiger partial charge in [0.2, 0.25) is 0 Å². The number of rotatable bonds is 6. The maximum absolute atomic E-state index is 2.49. The Balaban J connectivity index is 1.16. The van der Waals surface area contributed by atoms with Crippen LogP contribution in [0.4, 0.5) is 0 Å². The molecule has 2 nitrogen and oxygen atoms in total. The molecular formula is C70H44N2. The number of nitrogens with zero attached hydrogens (tertiary/aromatic N) is 2. The molecule has 13 aromatic carbocycles. The van der Waals surface area contributed by atoms with E-state index in [-0.39, 0.29) is 0 Å². The minimum Gasteiger partial charge on any atom is -0.309 e. The first-order valence-corrected chi connectivity index (χ1v) is 24.9. The smallest absolute Gasteiger partial charge is 0.0541 e. The van der Waals surface area contributed by atoms with Gasteiger partial charge in [0.1, 0.15) is 0 Å². The van der Waals surface area contributed by atoms with Gasteiger partial charge in [0.05, 0.1) is 22.1 Å². The van der Waals surface area contributed by atoms with Gasteiger partial charge in [0, 0.05) is 32.9 Å². The Hall–Kier alpha value is -9.50. The van der Waals surface area contributed by atoms with Crippen LogP contribution < -0.4 is 0 Å². The van der Waals surface area contributed by atoms with E-state index in [9.17, 15) is 0 Å². The van der Waals surface area contributed by atoms with Crippen molar-refractivity contribution in [1.29, 1.82) is 0 Å². The van der Waals surface area contributed by atoms with Crippen molar-refractivity contribution in [2.24, 2.45) is 0 Å². The van der Waals surface area contributed by atoms with Crippen molar-refractivity contribution < 1.29 is 0 Å². The van der Waals surface area contributed by atoms with E-state index in [0.29, 0.717) is 0 Å². The summed E-state index contributed by atoms with van der Waals surface area (Å²) in [7, 11) is 0. The Labute approximate surface area is 416 Å². The molecule has 15 rings (SSSR count). The molecule has 0 fully saturated rings. The number of fused-ring (bicyclic) bond motifs is 10. The summed E-state index contributed by atoms with van der Waals surface area (Å²) < 4.78 is 4.93. The Kier molecular flexibility index (Phi) is 8.99. The van der Waals surface area contributed by atoms with E-state index in [2.05, 4.69) is 276 Å². The molecule has 334 valence electrons. The molecule has 72 heavy (non-hydrogen) atoms. The summed E-state index contributed by atoms with van der Waals surface area (Å²) in [6.07, 6.45) is 0. The molecule has 0 unspecified atom stereocenters. The summed E-state index contributed by atoms with van der Waals surface area (Å²) in [5.74, 6) is 0. The minimum absolute atomic E-state index is 1.12. The van der Waals surface area contributed by atoms with Crippen LogP contribution in [-0.2, 0) is 0 Å². The predicted octanol–water partition coefficient (Wildman–Crippen LogP) is 19.2. The maximum Gasteiger partial charge on any atom is 0.0541 e. The van der Waals surface area contributed by atoms with Crippen molar-refractivity contribution in [1.82, 2.24) is 9.13 Å². The zero-order valence-electron chi connectivity index (χ0n) is 39.3. The van der Waals surface area contributed by atoms with Crippen molar-refractivity contribution in [2.75, 3.05) is 0 Å². The van der Waals surface area contributed by atoms with Crippen molar-refractivity contribution in [3.05, 3.63) is 267 Å². The molecule has 0 bridgehead atoms. The van der Waals surface area contributed by atoms with E-state index < -0.39 is 0 Å². The molecule has 0 radical (unpaired) electrons. The molecule has 0 spiro atoms. The van der Waals surface area contributed by atoms with Crippen LogP contribution in [0.15, 0.2) is 267 Å². The quantitative estimate of drug-likeness (QED) is 0.147. The summed E-state index contributed by atoms with van der Waals surface area (Å²) >= 11 is 0. The summed E-state index contributed by atoms with van der Waals surface area (Å²) in [6.45, 7) is 0. The highest BCUT2D eigenvalue weighted by atomic mass is 15.0. The molecule has 0 N–H and O–H groups in total. The second-order valence-corrected chi connectivity index (χ2v) is 19.2. The van der Waals surface area contributed by atoms with Crippen molar-refractivity contribution in [3.63, 3.8) is 0 Å². The SMILES string of the molecule is c1ccc(-c2cc3ccccc3cc2-c2c3ccc(-n4c5ccccc5c5ccccc54)cc3c(-c3cc4ccccc4cc3-c3ccccc3)c3ccc(-n4c5ccccc5c5ccccc54)cc23)cc1. The lowest BCUT2D eigenvalue weighted by molar-refractivity contribution is 1.18. The number of benzene rings is 13. The van der Waals surface area contributed by atoms with Gasteiger partial charge in [-0.05, 0) is 160 Å². The van der Waals surface area contributed by atoms with Crippen molar-refractivity contribution in [3.8, 4) is 55.9 Å². The molecule has 0 aliphatic carbocycles. The fraction of sp³-hybridized carbons (Fsp3) is 0. The number of aromatic nitrogens is 2. The van der Waals surface area contributed by atoms with Gasteiger partial charge in [0.15, 0.2) is 0 Å². The van der Waals surface area contributed by atoms with Crippen LogP contribution in [0.3, 0.4) is 0 Å². The average Bonchev–Trinajstić information content (AvgIpc) is 3.97. The molecule has 2 heterocycles. The van der Waals surface area contributed by atoms with Crippen LogP contribution in [0, 0.1) is 0 Å². The highest BCUT2D eigenvalue weighted by Gasteiger charge is 2.25. The minimum atomic E-state index is 1.12. The van der Waals surface area contributed by atoms with Crippen molar-refractivity contribution in [2.45, 2.75) is 0 Å². The molecule has 0 saturated heterocycles. The lowest BCUT2D eigenvalue weighted by Gasteiger charge is -2.23. The van der Waals surface area contributed by atoms with E-state index in [1.165, 1.54) is 131 Å². The van der Waals surface area contributed by atoms with Gasteiger partial charge in [-0.2, -0.15) is 0 Å². The third-order valence-electron chi connectivity index (χ3n) is 15.2. The molecule has 0 saturated carbocycles. The Morgan fingerprint density at radius 2 is 0.486 bits per heavy atom.